The molecule has 1 atom stereocenters. The average molecular weight is 256 g/mol. The zero-order valence-electron chi connectivity index (χ0n) is 10.4. The highest BCUT2D eigenvalue weighted by Crippen LogP contribution is 2.21. The molecule has 0 amide bonds. The molecule has 0 bridgehead atoms. The second kappa shape index (κ2) is 6.80. The first-order valence-electron chi connectivity index (χ1n) is 5.60. The van der Waals surface area contributed by atoms with Gasteiger partial charge in [0.25, 0.3) is 0 Å². The summed E-state index contributed by atoms with van der Waals surface area (Å²) in [6, 6.07) is 3.83. The fraction of sp³-hybridized carbons (Fsp3) is 0.417. The molecule has 6 heteroatoms. The van der Waals surface area contributed by atoms with Gasteiger partial charge in [0.2, 0.25) is 0 Å². The Labute approximate surface area is 105 Å². The third kappa shape index (κ3) is 3.89. The van der Waals surface area contributed by atoms with Gasteiger partial charge < -0.3 is 20.4 Å². The van der Waals surface area contributed by atoms with Crippen LogP contribution >= 0.6 is 0 Å². The predicted molar refractivity (Wildman–Crippen MR) is 65.5 cm³/mol. The van der Waals surface area contributed by atoms with Gasteiger partial charge in [0.15, 0.2) is 5.84 Å². The van der Waals surface area contributed by atoms with Crippen LogP contribution in [0.15, 0.2) is 23.4 Å². The predicted octanol–water partition coefficient (Wildman–Crippen LogP) is 1.72. The number of nitrogens with zero attached hydrogens (tertiary/aromatic N) is 1. The number of halogens is 1. The molecule has 1 aromatic rings. The lowest BCUT2D eigenvalue weighted by Gasteiger charge is -2.16. The summed E-state index contributed by atoms with van der Waals surface area (Å²) >= 11 is 0. The Hall–Kier alpha value is -1.82. The van der Waals surface area contributed by atoms with E-state index in [4.69, 9.17) is 20.4 Å². The molecule has 5 nitrogen and oxygen atoms in total. The van der Waals surface area contributed by atoms with E-state index in [2.05, 4.69) is 5.16 Å². The molecular weight excluding hydrogens is 239 g/mol. The lowest BCUT2D eigenvalue weighted by atomic mass is 10.2. The lowest BCUT2D eigenvalue weighted by molar-refractivity contribution is 0.0656. The second-order valence-electron chi connectivity index (χ2n) is 3.71. The average Bonchev–Trinajstić information content (AvgIpc) is 2.37. The Balaban J connectivity index is 2.87. The Bertz CT molecular complexity index is 424. The minimum atomic E-state index is -0.485. The third-order valence-electron chi connectivity index (χ3n) is 2.21. The molecule has 0 saturated heterocycles. The number of ether oxygens (including phenoxy) is 2. The smallest absolute Gasteiger partial charge is 0.173 e. The lowest BCUT2D eigenvalue weighted by Crippen LogP contribution is -2.22. The van der Waals surface area contributed by atoms with Gasteiger partial charge in [-0.2, -0.15) is 0 Å². The first-order valence-corrected chi connectivity index (χ1v) is 5.60. The van der Waals surface area contributed by atoms with Gasteiger partial charge in [-0.1, -0.05) is 5.16 Å². The third-order valence-corrected chi connectivity index (χ3v) is 2.21. The van der Waals surface area contributed by atoms with Crippen LogP contribution < -0.4 is 10.5 Å². The number of amidine groups is 1. The Kier molecular flexibility index (Phi) is 5.38. The van der Waals surface area contributed by atoms with Gasteiger partial charge in [0, 0.05) is 6.61 Å². The van der Waals surface area contributed by atoms with Crippen molar-refractivity contribution in [2.75, 3.05) is 13.2 Å². The first-order chi connectivity index (χ1) is 8.58. The Morgan fingerprint density at radius 1 is 1.56 bits per heavy atom. The van der Waals surface area contributed by atoms with E-state index in [9.17, 15) is 4.39 Å². The molecule has 1 aromatic carbocycles. The van der Waals surface area contributed by atoms with Crippen molar-refractivity contribution in [3.05, 3.63) is 29.6 Å². The summed E-state index contributed by atoms with van der Waals surface area (Å²) in [5.41, 5.74) is 5.67. The van der Waals surface area contributed by atoms with E-state index < -0.39 is 5.82 Å². The van der Waals surface area contributed by atoms with Crippen molar-refractivity contribution in [3.63, 3.8) is 0 Å². The van der Waals surface area contributed by atoms with Crippen molar-refractivity contribution in [1.29, 1.82) is 0 Å². The van der Waals surface area contributed by atoms with E-state index >= 15 is 0 Å². The highest BCUT2D eigenvalue weighted by atomic mass is 19.1. The van der Waals surface area contributed by atoms with E-state index in [-0.39, 0.29) is 17.5 Å². The zero-order valence-corrected chi connectivity index (χ0v) is 10.4. The molecule has 18 heavy (non-hydrogen) atoms. The van der Waals surface area contributed by atoms with E-state index in [0.29, 0.717) is 19.0 Å². The highest BCUT2D eigenvalue weighted by molar-refractivity contribution is 5.99. The van der Waals surface area contributed by atoms with Crippen molar-refractivity contribution in [3.8, 4) is 5.75 Å². The molecule has 0 saturated carbocycles. The minimum Gasteiger partial charge on any atom is -0.488 e. The van der Waals surface area contributed by atoms with Gasteiger partial charge in [-0.3, -0.25) is 0 Å². The fourth-order valence-corrected chi connectivity index (χ4v) is 1.39. The number of nitrogens with two attached hydrogens (primary N) is 1. The molecule has 0 aromatic heterocycles. The number of rotatable bonds is 6. The Morgan fingerprint density at radius 3 is 2.89 bits per heavy atom. The topological polar surface area (TPSA) is 77.1 Å². The van der Waals surface area contributed by atoms with Crippen LogP contribution in [0, 0.1) is 5.82 Å². The van der Waals surface area contributed by atoms with Crippen LogP contribution in [0.2, 0.25) is 0 Å². The number of oxime groups is 1. The summed E-state index contributed by atoms with van der Waals surface area (Å²) in [5, 5.41) is 11.5. The van der Waals surface area contributed by atoms with Crippen LogP contribution in [0.1, 0.15) is 19.4 Å². The van der Waals surface area contributed by atoms with Crippen LogP contribution in [0.25, 0.3) is 0 Å². The molecule has 0 aliphatic carbocycles. The molecule has 1 unspecified atom stereocenters. The van der Waals surface area contributed by atoms with E-state index in [1.807, 2.05) is 13.8 Å². The summed E-state index contributed by atoms with van der Waals surface area (Å²) in [5.74, 6) is -0.339. The maximum Gasteiger partial charge on any atom is 0.173 e. The number of hydrogen-bond donors (Lipinski definition) is 2. The van der Waals surface area contributed by atoms with E-state index in [1.165, 1.54) is 12.1 Å². The maximum atomic E-state index is 13.1. The number of hydrogen-bond acceptors (Lipinski definition) is 4. The van der Waals surface area contributed by atoms with Gasteiger partial charge in [-0.15, -0.1) is 0 Å². The summed E-state index contributed by atoms with van der Waals surface area (Å²) in [4.78, 5) is 0. The summed E-state index contributed by atoms with van der Waals surface area (Å²) in [6.07, 6.45) is -0.222. The fourth-order valence-electron chi connectivity index (χ4n) is 1.39. The van der Waals surface area contributed by atoms with Crippen molar-refractivity contribution < 1.29 is 19.1 Å². The molecule has 1 rings (SSSR count). The summed E-state index contributed by atoms with van der Waals surface area (Å²) < 4.78 is 23.9. The SMILES string of the molecule is CCOCC(C)Oc1ccc(F)cc1/C(N)=N/O. The molecule has 100 valence electrons. The normalized spacial score (nSPS) is 13.4. The van der Waals surface area contributed by atoms with Crippen molar-refractivity contribution in [2.24, 2.45) is 10.9 Å². The van der Waals surface area contributed by atoms with Crippen LogP contribution in [0.5, 0.6) is 5.75 Å². The van der Waals surface area contributed by atoms with Crippen molar-refractivity contribution in [1.82, 2.24) is 0 Å². The van der Waals surface area contributed by atoms with Crippen LogP contribution in [0.4, 0.5) is 4.39 Å². The second-order valence-corrected chi connectivity index (χ2v) is 3.71. The van der Waals surface area contributed by atoms with E-state index in [0.717, 1.165) is 6.07 Å². The maximum absolute atomic E-state index is 13.1. The molecule has 3 N–H and O–H groups in total. The van der Waals surface area contributed by atoms with E-state index in [1.54, 1.807) is 0 Å². The summed E-state index contributed by atoms with van der Waals surface area (Å²) in [6.45, 7) is 4.69. The number of benzene rings is 1. The monoisotopic (exact) mass is 256 g/mol. The molecule has 0 heterocycles. The van der Waals surface area contributed by atoms with Crippen molar-refractivity contribution >= 4 is 5.84 Å². The van der Waals surface area contributed by atoms with Gasteiger partial charge in [0.05, 0.1) is 12.2 Å². The highest BCUT2D eigenvalue weighted by Gasteiger charge is 2.13. The zero-order chi connectivity index (χ0) is 13.5. The van der Waals surface area contributed by atoms with Crippen LogP contribution in [-0.4, -0.2) is 30.4 Å². The van der Waals surface area contributed by atoms with Crippen LogP contribution in [-0.2, 0) is 4.74 Å². The summed E-state index contributed by atoms with van der Waals surface area (Å²) in [7, 11) is 0. The van der Waals surface area contributed by atoms with Gasteiger partial charge in [-0.05, 0) is 32.0 Å². The molecule has 0 radical (unpaired) electrons. The Morgan fingerprint density at radius 2 is 2.28 bits per heavy atom. The molecule has 0 fully saturated rings. The quantitative estimate of drug-likeness (QED) is 0.351. The van der Waals surface area contributed by atoms with Gasteiger partial charge >= 0.3 is 0 Å². The first kappa shape index (κ1) is 14.2. The van der Waals surface area contributed by atoms with Crippen molar-refractivity contribution in [2.45, 2.75) is 20.0 Å². The van der Waals surface area contributed by atoms with Gasteiger partial charge in [-0.25, -0.2) is 4.39 Å². The largest absolute Gasteiger partial charge is 0.488 e. The molecule has 0 aliphatic heterocycles. The van der Waals surface area contributed by atoms with Crippen LogP contribution in [0.3, 0.4) is 0 Å². The molecule has 0 spiro atoms. The molecular formula is C12H17FN2O3. The molecule has 0 aliphatic rings. The van der Waals surface area contributed by atoms with Gasteiger partial charge in [0.1, 0.15) is 17.7 Å². The standard InChI is InChI=1S/C12H17FN2O3/c1-3-17-7-8(2)18-11-5-4-9(13)6-10(11)12(14)15-16/h4-6,8,16H,3,7H2,1-2H3,(H2,14,15). The minimum absolute atomic E-state index is 0.201.